The van der Waals surface area contributed by atoms with Crippen molar-refractivity contribution in [3.63, 3.8) is 0 Å². The molecule has 7 nitrogen and oxygen atoms in total. The summed E-state index contributed by atoms with van der Waals surface area (Å²) in [4.78, 5) is 17.5. The molecule has 9 heteroatoms. The summed E-state index contributed by atoms with van der Waals surface area (Å²) in [5, 5.41) is 15.3. The predicted molar refractivity (Wildman–Crippen MR) is 164 cm³/mol. The minimum Gasteiger partial charge on any atom is -0.490 e. The molecular weight excluding hydrogens is 564 g/mol. The second-order valence-corrected chi connectivity index (χ2v) is 12.1. The number of aliphatic carboxylic acids is 1. The van der Waals surface area contributed by atoms with Gasteiger partial charge in [0.2, 0.25) is 0 Å². The van der Waals surface area contributed by atoms with Gasteiger partial charge >= 0.3 is 5.97 Å². The van der Waals surface area contributed by atoms with Crippen LogP contribution in [-0.2, 0) is 16.0 Å². The van der Waals surface area contributed by atoms with Gasteiger partial charge in [0, 0.05) is 34.0 Å². The molecule has 1 atom stereocenters. The van der Waals surface area contributed by atoms with E-state index in [4.69, 9.17) is 19.6 Å². The Balaban J connectivity index is 1.62. The van der Waals surface area contributed by atoms with Crippen molar-refractivity contribution in [1.29, 1.82) is 0 Å². The van der Waals surface area contributed by atoms with Crippen molar-refractivity contribution in [1.82, 2.24) is 14.6 Å². The molecule has 3 heterocycles. The first kappa shape index (κ1) is 29.4. The summed E-state index contributed by atoms with van der Waals surface area (Å²) in [5.74, 6) is -1.81. The first-order valence-electron chi connectivity index (χ1n) is 14.5. The number of hydrogen-bond acceptors (Lipinski definition) is 5. The summed E-state index contributed by atoms with van der Waals surface area (Å²) in [5.41, 5.74) is 5.63. The number of nitrogens with zero attached hydrogens (tertiary/aromatic N) is 3. The Kier molecular flexibility index (Phi) is 7.45. The molecule has 0 unspecified atom stereocenters. The Morgan fingerprint density at radius 1 is 1.02 bits per heavy atom. The SMILES string of the molecule is Cc1nc2cc(-c3cccc(-c4cccc(F)c4)c3)nn2c(-c2cc(F)c3c(c2C)CCCO3)c1[C@H](OC(C)(C)C)C(=O)O. The van der Waals surface area contributed by atoms with E-state index in [-0.39, 0.29) is 11.6 Å². The van der Waals surface area contributed by atoms with Gasteiger partial charge < -0.3 is 14.6 Å². The fraction of sp³-hybridized carbons (Fsp3) is 0.286. The number of aromatic nitrogens is 3. The van der Waals surface area contributed by atoms with Crippen LogP contribution in [0.3, 0.4) is 0 Å². The summed E-state index contributed by atoms with van der Waals surface area (Å²) >= 11 is 0. The van der Waals surface area contributed by atoms with Crippen molar-refractivity contribution in [2.75, 3.05) is 6.61 Å². The Labute approximate surface area is 254 Å². The van der Waals surface area contributed by atoms with Crippen molar-refractivity contribution >= 4 is 11.6 Å². The zero-order valence-corrected chi connectivity index (χ0v) is 25.2. The van der Waals surface area contributed by atoms with Crippen LogP contribution in [0.15, 0.2) is 60.7 Å². The third-order valence-corrected chi connectivity index (χ3v) is 7.80. The van der Waals surface area contributed by atoms with Crippen LogP contribution in [0.4, 0.5) is 8.78 Å². The number of hydrogen-bond donors (Lipinski definition) is 1. The smallest absolute Gasteiger partial charge is 0.337 e. The zero-order chi connectivity index (χ0) is 31.3. The van der Waals surface area contributed by atoms with E-state index >= 15 is 4.39 Å². The molecule has 0 amide bonds. The lowest BCUT2D eigenvalue weighted by Crippen LogP contribution is -2.29. The number of ether oxygens (including phenoxy) is 2. The molecule has 0 radical (unpaired) electrons. The van der Waals surface area contributed by atoms with Gasteiger partial charge in [0.1, 0.15) is 5.82 Å². The summed E-state index contributed by atoms with van der Waals surface area (Å²) in [6.45, 7) is 9.39. The number of carboxylic acid groups (broad SMARTS) is 1. The van der Waals surface area contributed by atoms with E-state index in [2.05, 4.69) is 0 Å². The maximum Gasteiger partial charge on any atom is 0.337 e. The zero-order valence-electron chi connectivity index (χ0n) is 25.2. The molecule has 5 aromatic rings. The van der Waals surface area contributed by atoms with E-state index in [9.17, 15) is 14.3 Å². The topological polar surface area (TPSA) is 86.0 Å². The standard InChI is InChI=1S/C35H33F2N3O4/c1-19-25-13-8-14-43-32(25)27(37)17-26(19)31-30(33(34(41)42)44-35(3,4)5)20(2)38-29-18-28(39-40(29)31)23-11-6-9-21(15-23)22-10-7-12-24(36)16-22/h6-7,9-12,15-18,33H,8,13-14H2,1-5H3,(H,41,42)/t33-/m0/s1. The molecule has 0 fully saturated rings. The molecule has 6 rings (SSSR count). The molecule has 226 valence electrons. The molecule has 44 heavy (non-hydrogen) atoms. The first-order chi connectivity index (χ1) is 20.9. The number of aryl methyl sites for hydroxylation is 1. The summed E-state index contributed by atoms with van der Waals surface area (Å²) in [6, 6.07) is 17.1. The highest BCUT2D eigenvalue weighted by Gasteiger charge is 2.34. The second-order valence-electron chi connectivity index (χ2n) is 12.1. The fourth-order valence-corrected chi connectivity index (χ4v) is 5.86. The lowest BCUT2D eigenvalue weighted by molar-refractivity contribution is -0.160. The monoisotopic (exact) mass is 597 g/mol. The maximum atomic E-state index is 15.6. The molecule has 1 N–H and O–H groups in total. The highest BCUT2D eigenvalue weighted by atomic mass is 19.1. The van der Waals surface area contributed by atoms with Crippen LogP contribution in [-0.4, -0.2) is 37.9 Å². The Bertz CT molecular complexity index is 1930. The van der Waals surface area contributed by atoms with Gasteiger partial charge in [-0.3, -0.25) is 0 Å². The van der Waals surface area contributed by atoms with E-state index in [0.717, 1.165) is 34.2 Å². The lowest BCUT2D eigenvalue weighted by atomic mass is 9.91. The second kappa shape index (κ2) is 11.1. The molecule has 1 aliphatic rings. The molecule has 0 aliphatic carbocycles. The number of carbonyl (C=O) groups is 1. The Hall–Kier alpha value is -4.63. The van der Waals surface area contributed by atoms with Crippen molar-refractivity contribution in [2.24, 2.45) is 0 Å². The van der Waals surface area contributed by atoms with E-state index in [1.807, 2.05) is 37.3 Å². The number of halogens is 2. The van der Waals surface area contributed by atoms with Crippen LogP contribution in [0, 0.1) is 25.5 Å². The van der Waals surface area contributed by atoms with Crippen molar-refractivity contribution in [3.8, 4) is 39.4 Å². The van der Waals surface area contributed by atoms with Crippen LogP contribution in [0.2, 0.25) is 0 Å². The van der Waals surface area contributed by atoms with E-state index in [0.29, 0.717) is 46.9 Å². The number of rotatable bonds is 6. The molecule has 0 spiro atoms. The van der Waals surface area contributed by atoms with Gasteiger partial charge in [0.25, 0.3) is 0 Å². The summed E-state index contributed by atoms with van der Waals surface area (Å²) < 4.78 is 43.0. The Morgan fingerprint density at radius 2 is 1.73 bits per heavy atom. The van der Waals surface area contributed by atoms with Gasteiger partial charge in [-0.2, -0.15) is 5.10 Å². The highest BCUT2D eigenvalue weighted by molar-refractivity contribution is 5.83. The van der Waals surface area contributed by atoms with Gasteiger partial charge in [0.05, 0.1) is 23.6 Å². The van der Waals surface area contributed by atoms with E-state index in [1.54, 1.807) is 44.3 Å². The van der Waals surface area contributed by atoms with Gasteiger partial charge in [-0.1, -0.05) is 30.3 Å². The molecule has 3 aromatic carbocycles. The van der Waals surface area contributed by atoms with E-state index in [1.165, 1.54) is 18.2 Å². The molecule has 2 aromatic heterocycles. The normalized spacial score (nSPS) is 13.9. The summed E-state index contributed by atoms with van der Waals surface area (Å²) in [7, 11) is 0. The number of carboxylic acids is 1. The molecule has 0 saturated heterocycles. The summed E-state index contributed by atoms with van der Waals surface area (Å²) in [6.07, 6.45) is -0.0278. The van der Waals surface area contributed by atoms with Gasteiger partial charge in [-0.05, 0) is 88.4 Å². The third kappa shape index (κ3) is 5.43. The first-order valence-corrected chi connectivity index (χ1v) is 14.5. The Morgan fingerprint density at radius 3 is 2.43 bits per heavy atom. The molecule has 0 bridgehead atoms. The van der Waals surface area contributed by atoms with Crippen LogP contribution < -0.4 is 4.74 Å². The van der Waals surface area contributed by atoms with Gasteiger partial charge in [-0.25, -0.2) is 23.1 Å². The minimum absolute atomic E-state index is 0.233. The number of benzene rings is 3. The highest BCUT2D eigenvalue weighted by Crippen LogP contribution is 2.42. The predicted octanol–water partition coefficient (Wildman–Crippen LogP) is 7.89. The van der Waals surface area contributed by atoms with Gasteiger partial charge in [0.15, 0.2) is 23.3 Å². The molecule has 0 saturated carbocycles. The van der Waals surface area contributed by atoms with E-state index < -0.39 is 23.5 Å². The maximum absolute atomic E-state index is 15.6. The average Bonchev–Trinajstić information content (AvgIpc) is 3.40. The van der Waals surface area contributed by atoms with Crippen molar-refractivity contribution < 1.29 is 28.2 Å². The molecular formula is C35H33F2N3O4. The van der Waals surface area contributed by atoms with Crippen LogP contribution >= 0.6 is 0 Å². The van der Waals surface area contributed by atoms with Crippen molar-refractivity contribution in [3.05, 3.63) is 94.7 Å². The van der Waals surface area contributed by atoms with Crippen LogP contribution in [0.5, 0.6) is 5.75 Å². The van der Waals surface area contributed by atoms with Gasteiger partial charge in [-0.15, -0.1) is 0 Å². The minimum atomic E-state index is -1.40. The fourth-order valence-electron chi connectivity index (χ4n) is 5.86. The molecule has 1 aliphatic heterocycles. The lowest BCUT2D eigenvalue weighted by Gasteiger charge is -2.28. The average molecular weight is 598 g/mol. The quantitative estimate of drug-likeness (QED) is 0.214. The van der Waals surface area contributed by atoms with Crippen LogP contribution in [0.25, 0.3) is 39.3 Å². The third-order valence-electron chi connectivity index (χ3n) is 7.80. The van der Waals surface area contributed by atoms with Crippen LogP contribution in [0.1, 0.15) is 55.7 Å². The van der Waals surface area contributed by atoms with Crippen molar-refractivity contribution in [2.45, 2.75) is 59.2 Å². The number of fused-ring (bicyclic) bond motifs is 2. The largest absolute Gasteiger partial charge is 0.490 e.